The molecule has 4 heterocycles. The highest BCUT2D eigenvalue weighted by Crippen LogP contribution is 2.44. The standard InChI is InChI=1S/C60H38N2O2/c1-3-14-43(15-4-1)61-51-20-9-7-18-45(51)47-33-39(22-26-53(47)61)37-12-11-13-38(32-37)41-24-28-55-49(35-41)59-57(63-55)30-31-58-60(59)50-36-42(25-29-56(50)64-58)40-23-27-54-48(34-40)46-19-8-10-21-52(46)62(54)44-16-5-2-6-17-44/h1-7,9-18,20-36H,8,19H2. The van der Waals surface area contributed by atoms with Gasteiger partial charge in [-0.2, -0.15) is 0 Å². The number of aryl methyl sites for hydroxylation is 1. The van der Waals surface area contributed by atoms with Crippen LogP contribution in [0.3, 0.4) is 0 Å². The van der Waals surface area contributed by atoms with Crippen LogP contribution in [0.1, 0.15) is 17.7 Å². The normalized spacial score (nSPS) is 12.8. The molecule has 0 bridgehead atoms. The first-order chi connectivity index (χ1) is 31.7. The van der Waals surface area contributed by atoms with Crippen molar-refractivity contribution < 1.29 is 8.83 Å². The number of nitrogens with zero attached hydrogens (tertiary/aromatic N) is 2. The van der Waals surface area contributed by atoms with Crippen LogP contribution in [-0.4, -0.2) is 9.13 Å². The Morgan fingerprint density at radius 3 is 1.47 bits per heavy atom. The smallest absolute Gasteiger partial charge is 0.136 e. The van der Waals surface area contributed by atoms with Gasteiger partial charge in [0.2, 0.25) is 0 Å². The van der Waals surface area contributed by atoms with Gasteiger partial charge in [0, 0.05) is 54.8 Å². The summed E-state index contributed by atoms with van der Waals surface area (Å²) >= 11 is 0. The van der Waals surface area contributed by atoms with E-state index >= 15 is 0 Å². The fourth-order valence-corrected chi connectivity index (χ4v) is 10.7. The molecule has 14 rings (SSSR count). The Bertz CT molecular complexity index is 4060. The van der Waals surface area contributed by atoms with Gasteiger partial charge in [-0.3, -0.25) is 0 Å². The summed E-state index contributed by atoms with van der Waals surface area (Å²) in [5.41, 5.74) is 19.1. The third-order valence-electron chi connectivity index (χ3n) is 13.6. The first kappa shape index (κ1) is 35.3. The predicted octanol–water partition coefficient (Wildman–Crippen LogP) is 16.5. The van der Waals surface area contributed by atoms with E-state index in [-0.39, 0.29) is 0 Å². The zero-order chi connectivity index (χ0) is 41.9. The number of hydrogen-bond donors (Lipinski definition) is 0. The average molecular weight is 819 g/mol. The maximum absolute atomic E-state index is 6.58. The van der Waals surface area contributed by atoms with Gasteiger partial charge in [0.15, 0.2) is 0 Å². The summed E-state index contributed by atoms with van der Waals surface area (Å²) in [6, 6.07) is 70.1. The summed E-state index contributed by atoms with van der Waals surface area (Å²) in [7, 11) is 0. The number of allylic oxidation sites excluding steroid dienone is 1. The molecule has 300 valence electrons. The maximum atomic E-state index is 6.58. The fraction of sp³-hybridized carbons (Fsp3) is 0.0333. The van der Waals surface area contributed by atoms with Crippen LogP contribution < -0.4 is 0 Å². The van der Waals surface area contributed by atoms with Gasteiger partial charge in [-0.15, -0.1) is 0 Å². The molecule has 0 saturated heterocycles. The summed E-state index contributed by atoms with van der Waals surface area (Å²) in [6.45, 7) is 0. The van der Waals surface area contributed by atoms with Crippen molar-refractivity contribution in [1.82, 2.24) is 9.13 Å². The molecule has 9 aromatic carbocycles. The second-order valence-corrected chi connectivity index (χ2v) is 17.1. The molecule has 0 spiro atoms. The Hall–Kier alpha value is -8.34. The second-order valence-electron chi connectivity index (χ2n) is 17.1. The molecule has 0 saturated carbocycles. The zero-order valence-corrected chi connectivity index (χ0v) is 34.8. The van der Waals surface area contributed by atoms with Gasteiger partial charge in [0.1, 0.15) is 22.3 Å². The Balaban J connectivity index is 0.883. The van der Waals surface area contributed by atoms with Gasteiger partial charge in [-0.05, 0) is 155 Å². The van der Waals surface area contributed by atoms with E-state index in [0.717, 1.165) is 79.1 Å². The van der Waals surface area contributed by atoms with E-state index in [9.17, 15) is 0 Å². The molecule has 0 N–H and O–H groups in total. The van der Waals surface area contributed by atoms with Crippen molar-refractivity contribution >= 4 is 82.7 Å². The molecule has 0 fully saturated rings. The van der Waals surface area contributed by atoms with Crippen LogP contribution in [-0.2, 0) is 6.42 Å². The zero-order valence-electron chi connectivity index (χ0n) is 34.8. The largest absolute Gasteiger partial charge is 0.456 e. The topological polar surface area (TPSA) is 36.1 Å². The average Bonchev–Trinajstić information content (AvgIpc) is 4.11. The van der Waals surface area contributed by atoms with Crippen molar-refractivity contribution in [3.05, 3.63) is 211 Å². The van der Waals surface area contributed by atoms with E-state index in [1.54, 1.807) is 0 Å². The van der Waals surface area contributed by atoms with Gasteiger partial charge in [0.25, 0.3) is 0 Å². The first-order valence-corrected chi connectivity index (χ1v) is 22.1. The van der Waals surface area contributed by atoms with Crippen LogP contribution in [0.25, 0.3) is 127 Å². The van der Waals surface area contributed by atoms with Crippen LogP contribution in [0.15, 0.2) is 209 Å². The highest BCUT2D eigenvalue weighted by atomic mass is 16.3. The minimum Gasteiger partial charge on any atom is -0.456 e. The molecule has 0 atom stereocenters. The lowest BCUT2D eigenvalue weighted by Crippen LogP contribution is -1.99. The predicted molar refractivity (Wildman–Crippen MR) is 266 cm³/mol. The van der Waals surface area contributed by atoms with Crippen molar-refractivity contribution in [2.45, 2.75) is 12.8 Å². The Morgan fingerprint density at radius 2 is 0.828 bits per heavy atom. The number of rotatable bonds is 5. The SMILES string of the molecule is C1=Cc2c(c3cc(-c4ccc5oc6ccc7oc8ccc(-c9cccc(-c%10ccc%11c(c%10)c%10ccccc%10n%11-c%10ccccc%10)c9)cc8c7c6c5c4)ccc3n2-c2ccccc2)CC1. The monoisotopic (exact) mass is 818 g/mol. The van der Waals surface area contributed by atoms with Gasteiger partial charge in [0.05, 0.1) is 16.6 Å². The van der Waals surface area contributed by atoms with Crippen LogP contribution in [0.5, 0.6) is 0 Å². The lowest BCUT2D eigenvalue weighted by Gasteiger charge is -2.11. The lowest BCUT2D eigenvalue weighted by atomic mass is 9.96. The van der Waals surface area contributed by atoms with E-state index in [4.69, 9.17) is 8.83 Å². The Kier molecular flexibility index (Phi) is 7.48. The minimum atomic E-state index is 0.854. The molecular weight excluding hydrogens is 781 g/mol. The van der Waals surface area contributed by atoms with E-state index in [2.05, 4.69) is 215 Å². The molecule has 0 radical (unpaired) electrons. The lowest BCUT2D eigenvalue weighted by molar-refractivity contribution is 0.663. The number of para-hydroxylation sites is 3. The summed E-state index contributed by atoms with van der Waals surface area (Å²) in [5.74, 6) is 0. The Morgan fingerprint density at radius 1 is 0.344 bits per heavy atom. The molecule has 0 amide bonds. The number of aromatic nitrogens is 2. The maximum Gasteiger partial charge on any atom is 0.136 e. The van der Waals surface area contributed by atoms with E-state index in [1.165, 1.54) is 66.3 Å². The summed E-state index contributed by atoms with van der Waals surface area (Å²) in [6.07, 6.45) is 6.68. The van der Waals surface area contributed by atoms with Crippen LogP contribution in [0.4, 0.5) is 0 Å². The Labute approximate surface area is 368 Å². The van der Waals surface area contributed by atoms with Crippen molar-refractivity contribution in [3.63, 3.8) is 0 Å². The number of benzene rings is 9. The van der Waals surface area contributed by atoms with Gasteiger partial charge in [-0.1, -0.05) is 103 Å². The van der Waals surface area contributed by atoms with Crippen LogP contribution in [0, 0.1) is 0 Å². The van der Waals surface area contributed by atoms with Crippen molar-refractivity contribution in [2.24, 2.45) is 0 Å². The van der Waals surface area contributed by atoms with Crippen LogP contribution >= 0.6 is 0 Å². The van der Waals surface area contributed by atoms with Gasteiger partial charge >= 0.3 is 0 Å². The minimum absolute atomic E-state index is 0.854. The molecule has 4 aromatic heterocycles. The molecule has 4 nitrogen and oxygen atoms in total. The molecular formula is C60H38N2O2. The highest BCUT2D eigenvalue weighted by molar-refractivity contribution is 6.26. The third kappa shape index (κ3) is 5.23. The quantitative estimate of drug-likeness (QED) is 0.173. The van der Waals surface area contributed by atoms with Gasteiger partial charge < -0.3 is 18.0 Å². The summed E-state index contributed by atoms with van der Waals surface area (Å²) in [4.78, 5) is 0. The molecule has 0 aliphatic heterocycles. The fourth-order valence-electron chi connectivity index (χ4n) is 10.7. The van der Waals surface area contributed by atoms with Crippen molar-refractivity contribution in [1.29, 1.82) is 0 Å². The van der Waals surface area contributed by atoms with E-state index < -0.39 is 0 Å². The number of fused-ring (bicyclic) bond motifs is 13. The van der Waals surface area contributed by atoms with Gasteiger partial charge in [-0.25, -0.2) is 0 Å². The molecule has 1 aliphatic carbocycles. The molecule has 0 unspecified atom stereocenters. The van der Waals surface area contributed by atoms with Crippen LogP contribution in [0.2, 0.25) is 0 Å². The van der Waals surface area contributed by atoms with Crippen molar-refractivity contribution in [2.75, 3.05) is 0 Å². The molecule has 1 aliphatic rings. The second kappa shape index (κ2) is 13.6. The first-order valence-electron chi connectivity index (χ1n) is 22.1. The van der Waals surface area contributed by atoms with Crippen molar-refractivity contribution in [3.8, 4) is 44.8 Å². The summed E-state index contributed by atoms with van der Waals surface area (Å²) in [5, 5.41) is 8.14. The number of hydrogen-bond acceptors (Lipinski definition) is 2. The third-order valence-corrected chi connectivity index (χ3v) is 13.6. The summed E-state index contributed by atoms with van der Waals surface area (Å²) < 4.78 is 17.9. The number of furan rings is 2. The van der Waals surface area contributed by atoms with E-state index in [0.29, 0.717) is 0 Å². The molecule has 64 heavy (non-hydrogen) atoms. The molecule has 13 aromatic rings. The van der Waals surface area contributed by atoms with E-state index in [1.807, 2.05) is 0 Å². The highest BCUT2D eigenvalue weighted by Gasteiger charge is 2.21. The molecule has 4 heteroatoms.